The Morgan fingerprint density at radius 3 is 2.03 bits per heavy atom. The van der Waals surface area contributed by atoms with E-state index in [4.69, 9.17) is 0 Å². The fraction of sp³-hybridized carbons (Fsp3) is 0.185. The van der Waals surface area contributed by atoms with E-state index in [0.717, 1.165) is 12.1 Å². The summed E-state index contributed by atoms with van der Waals surface area (Å²) in [6, 6.07) is 21.1. The molecule has 0 bridgehead atoms. The van der Waals surface area contributed by atoms with Crippen LogP contribution in [0.5, 0.6) is 0 Å². The van der Waals surface area contributed by atoms with Crippen LogP contribution in [0.4, 0.5) is 0 Å². The average molecular weight is 473 g/mol. The molecule has 3 aromatic carbocycles. The molecule has 0 atom stereocenters. The van der Waals surface area contributed by atoms with Gasteiger partial charge in [-0.15, -0.1) is 0 Å². The van der Waals surface area contributed by atoms with Gasteiger partial charge in [0.2, 0.25) is 10.0 Å². The van der Waals surface area contributed by atoms with E-state index in [1.807, 2.05) is 30.3 Å². The van der Waals surface area contributed by atoms with Gasteiger partial charge in [-0.2, -0.15) is 4.31 Å². The quantitative estimate of drug-likeness (QED) is 0.445. The molecule has 0 unspecified atom stereocenters. The minimum atomic E-state index is -3.93. The van der Waals surface area contributed by atoms with Crippen molar-refractivity contribution in [2.24, 2.45) is 0 Å². The Kier molecular flexibility index (Phi) is 6.00. The highest BCUT2D eigenvalue weighted by Gasteiger charge is 2.37. The number of ketones is 2. The second-order valence-electron chi connectivity index (χ2n) is 8.40. The smallest absolute Gasteiger partial charge is 0.243 e. The minimum absolute atomic E-state index is 0.0144. The number of rotatable bonds is 5. The van der Waals surface area contributed by atoms with Crippen LogP contribution in [0.25, 0.3) is 6.08 Å². The van der Waals surface area contributed by atoms with Crippen LogP contribution in [0.1, 0.15) is 37.4 Å². The van der Waals surface area contributed by atoms with Gasteiger partial charge >= 0.3 is 0 Å². The number of carbonyl (C=O) groups excluding carboxylic acids is 2. The molecule has 0 aromatic heterocycles. The van der Waals surface area contributed by atoms with Crippen molar-refractivity contribution in [2.75, 3.05) is 32.7 Å². The molecule has 1 saturated heterocycles. The van der Waals surface area contributed by atoms with Gasteiger partial charge < -0.3 is 0 Å². The maximum absolute atomic E-state index is 13.6. The lowest BCUT2D eigenvalue weighted by Crippen LogP contribution is -2.48. The van der Waals surface area contributed by atoms with E-state index in [2.05, 4.69) is 17.1 Å². The first kappa shape index (κ1) is 22.4. The van der Waals surface area contributed by atoms with Gasteiger partial charge in [0.15, 0.2) is 11.6 Å². The van der Waals surface area contributed by atoms with E-state index >= 15 is 0 Å². The number of sulfonamides is 1. The number of benzene rings is 3. The SMILES string of the molecule is O=C1c2ccccc2C(=O)c2c1cccc2S(=O)(=O)N1CCN(C/C=C\c2ccccc2)CC1. The first-order valence-corrected chi connectivity index (χ1v) is 12.7. The van der Waals surface area contributed by atoms with Crippen LogP contribution in [0.3, 0.4) is 0 Å². The second-order valence-corrected chi connectivity index (χ2v) is 10.3. The lowest BCUT2D eigenvalue weighted by Gasteiger charge is -2.34. The molecule has 5 rings (SSSR count). The summed E-state index contributed by atoms with van der Waals surface area (Å²) in [6.45, 7) is 2.55. The summed E-state index contributed by atoms with van der Waals surface area (Å²) in [5, 5.41) is 0. The van der Waals surface area contributed by atoms with Crippen molar-refractivity contribution in [3.63, 3.8) is 0 Å². The van der Waals surface area contributed by atoms with Gasteiger partial charge in [0.1, 0.15) is 0 Å². The molecule has 0 radical (unpaired) electrons. The predicted octanol–water partition coefficient (Wildman–Crippen LogP) is 3.48. The van der Waals surface area contributed by atoms with E-state index in [-0.39, 0.29) is 27.4 Å². The zero-order chi connectivity index (χ0) is 23.7. The number of fused-ring (bicyclic) bond motifs is 2. The highest BCUT2D eigenvalue weighted by Crippen LogP contribution is 2.33. The van der Waals surface area contributed by atoms with Gasteiger partial charge in [-0.25, -0.2) is 8.42 Å². The first-order chi connectivity index (χ1) is 16.5. The van der Waals surface area contributed by atoms with Crippen molar-refractivity contribution in [3.05, 3.63) is 107 Å². The molecule has 172 valence electrons. The van der Waals surface area contributed by atoms with E-state index in [9.17, 15) is 18.0 Å². The van der Waals surface area contributed by atoms with Gasteiger partial charge in [0, 0.05) is 49.4 Å². The molecule has 1 heterocycles. The van der Waals surface area contributed by atoms with Crippen molar-refractivity contribution in [2.45, 2.75) is 4.90 Å². The van der Waals surface area contributed by atoms with Crippen molar-refractivity contribution >= 4 is 27.7 Å². The molecule has 7 heteroatoms. The highest BCUT2D eigenvalue weighted by molar-refractivity contribution is 7.89. The second kappa shape index (κ2) is 9.10. The number of piperazine rings is 1. The van der Waals surface area contributed by atoms with Crippen LogP contribution in [0.15, 0.2) is 83.8 Å². The number of hydrogen-bond acceptors (Lipinski definition) is 5. The normalized spacial score (nSPS) is 17.1. The molecule has 0 saturated carbocycles. The Balaban J connectivity index is 1.34. The molecule has 2 aliphatic rings. The van der Waals surface area contributed by atoms with Crippen LogP contribution in [0.2, 0.25) is 0 Å². The summed E-state index contributed by atoms with van der Waals surface area (Å²) < 4.78 is 28.5. The van der Waals surface area contributed by atoms with Crippen molar-refractivity contribution < 1.29 is 18.0 Å². The molecule has 34 heavy (non-hydrogen) atoms. The summed E-state index contributed by atoms with van der Waals surface area (Å²) >= 11 is 0. The molecule has 6 nitrogen and oxygen atoms in total. The monoisotopic (exact) mass is 472 g/mol. The van der Waals surface area contributed by atoms with Crippen LogP contribution >= 0.6 is 0 Å². The van der Waals surface area contributed by atoms with E-state index < -0.39 is 15.8 Å². The summed E-state index contributed by atoms with van der Waals surface area (Å²) in [7, 11) is -3.93. The molecule has 3 aromatic rings. The Bertz CT molecular complexity index is 1390. The number of nitrogens with zero attached hydrogens (tertiary/aromatic N) is 2. The van der Waals surface area contributed by atoms with Crippen LogP contribution in [-0.2, 0) is 10.0 Å². The topological polar surface area (TPSA) is 74.8 Å². The predicted molar refractivity (Wildman–Crippen MR) is 130 cm³/mol. The van der Waals surface area contributed by atoms with Crippen LogP contribution in [-0.4, -0.2) is 61.9 Å². The molecule has 1 aliphatic heterocycles. The lowest BCUT2D eigenvalue weighted by molar-refractivity contribution is 0.0976. The zero-order valence-corrected chi connectivity index (χ0v) is 19.4. The Morgan fingerprint density at radius 1 is 0.706 bits per heavy atom. The van der Waals surface area contributed by atoms with E-state index in [1.54, 1.807) is 24.3 Å². The largest absolute Gasteiger partial charge is 0.297 e. The number of carbonyl (C=O) groups is 2. The number of hydrogen-bond donors (Lipinski definition) is 0. The fourth-order valence-corrected chi connectivity index (χ4v) is 6.16. The summed E-state index contributed by atoms with van der Waals surface area (Å²) in [4.78, 5) is 28.3. The zero-order valence-electron chi connectivity index (χ0n) is 18.6. The summed E-state index contributed by atoms with van der Waals surface area (Å²) in [5.41, 5.74) is 1.82. The van der Waals surface area contributed by atoms with Crippen LogP contribution in [0, 0.1) is 0 Å². The summed E-state index contributed by atoms with van der Waals surface area (Å²) in [5.74, 6) is -0.744. The Labute approximate surface area is 199 Å². The Morgan fingerprint density at radius 2 is 1.32 bits per heavy atom. The third-order valence-electron chi connectivity index (χ3n) is 6.34. The van der Waals surface area contributed by atoms with E-state index in [1.165, 1.54) is 22.5 Å². The van der Waals surface area contributed by atoms with Gasteiger partial charge in [-0.05, 0) is 11.6 Å². The van der Waals surface area contributed by atoms with Crippen molar-refractivity contribution in [1.29, 1.82) is 0 Å². The third kappa shape index (κ3) is 4.03. The average Bonchev–Trinajstić information content (AvgIpc) is 2.88. The summed E-state index contributed by atoms with van der Waals surface area (Å²) in [6.07, 6.45) is 4.13. The molecule has 0 N–H and O–H groups in total. The van der Waals surface area contributed by atoms with Crippen LogP contribution < -0.4 is 0 Å². The molecule has 0 spiro atoms. The third-order valence-corrected chi connectivity index (χ3v) is 8.28. The van der Waals surface area contributed by atoms with Crippen molar-refractivity contribution in [3.8, 4) is 0 Å². The maximum Gasteiger partial charge on any atom is 0.243 e. The molecule has 1 fully saturated rings. The highest BCUT2D eigenvalue weighted by atomic mass is 32.2. The lowest BCUT2D eigenvalue weighted by atomic mass is 9.84. The first-order valence-electron chi connectivity index (χ1n) is 11.2. The fourth-order valence-electron chi connectivity index (χ4n) is 4.52. The van der Waals surface area contributed by atoms with Gasteiger partial charge in [0.25, 0.3) is 0 Å². The van der Waals surface area contributed by atoms with Crippen molar-refractivity contribution in [1.82, 2.24) is 9.21 Å². The van der Waals surface area contributed by atoms with E-state index in [0.29, 0.717) is 31.7 Å². The maximum atomic E-state index is 13.6. The molecule has 1 aliphatic carbocycles. The van der Waals surface area contributed by atoms with Gasteiger partial charge in [0.05, 0.1) is 10.5 Å². The Hall–Kier alpha value is -3.39. The minimum Gasteiger partial charge on any atom is -0.297 e. The molecular weight excluding hydrogens is 448 g/mol. The van der Waals surface area contributed by atoms with Gasteiger partial charge in [-0.3, -0.25) is 14.5 Å². The molecule has 0 amide bonds. The van der Waals surface area contributed by atoms with Gasteiger partial charge in [-0.1, -0.05) is 78.9 Å². The molecular formula is C27H24N2O4S. The standard InChI is InChI=1S/C27H24N2O4S/c30-26-21-11-4-5-12-22(21)27(31)25-23(26)13-6-14-24(25)34(32,33)29-18-16-28(17-19-29)15-7-10-20-8-2-1-3-9-20/h1-14H,15-19H2/b10-7-.